The van der Waals surface area contributed by atoms with Crippen LogP contribution in [0.1, 0.15) is 40.8 Å². The molecule has 13 nitrogen and oxygen atoms in total. The van der Waals surface area contributed by atoms with Gasteiger partial charge in [-0.1, -0.05) is 133 Å². The zero-order valence-corrected chi connectivity index (χ0v) is 32.2. The number of benzene rings is 5. The molecule has 0 saturated heterocycles. The van der Waals surface area contributed by atoms with Gasteiger partial charge in [-0.2, -0.15) is 0 Å². The lowest BCUT2D eigenvalue weighted by molar-refractivity contribution is -0.384. The van der Waals surface area contributed by atoms with Crippen molar-refractivity contribution < 1.29 is 38.3 Å². The summed E-state index contributed by atoms with van der Waals surface area (Å²) in [6.07, 6.45) is -0.0585. The molecular formula is C45H46N4O9. The highest BCUT2D eigenvalue weighted by Crippen LogP contribution is 2.19. The maximum absolute atomic E-state index is 14.4. The summed E-state index contributed by atoms with van der Waals surface area (Å²) >= 11 is 0. The van der Waals surface area contributed by atoms with E-state index in [1.165, 1.54) is 34.1 Å². The SMILES string of the molecule is CC(NC(=O)N(CCN(CC(=O)OCc1ccccc1)CC(=O)OCc1ccccc1)[C@@H](Cc1ccc([N+](=O)[O-])cc1)C(=O)OCc1ccccc1)c1ccccc1. The third-order valence-corrected chi connectivity index (χ3v) is 9.20. The molecule has 0 fully saturated rings. The fourth-order valence-corrected chi connectivity index (χ4v) is 6.01. The second-order valence-electron chi connectivity index (χ2n) is 13.5. The first-order valence-corrected chi connectivity index (χ1v) is 18.8. The van der Waals surface area contributed by atoms with Gasteiger partial charge in [-0.05, 0) is 34.7 Å². The van der Waals surface area contributed by atoms with Gasteiger partial charge in [0.1, 0.15) is 25.9 Å². The van der Waals surface area contributed by atoms with Gasteiger partial charge in [-0.15, -0.1) is 0 Å². The molecule has 2 amide bonds. The van der Waals surface area contributed by atoms with Crippen LogP contribution in [0.4, 0.5) is 10.5 Å². The molecule has 0 bridgehead atoms. The molecule has 0 aliphatic heterocycles. The number of nitrogens with one attached hydrogen (secondary N) is 1. The van der Waals surface area contributed by atoms with Crippen molar-refractivity contribution in [3.05, 3.63) is 184 Å². The molecule has 58 heavy (non-hydrogen) atoms. The zero-order valence-electron chi connectivity index (χ0n) is 32.2. The van der Waals surface area contributed by atoms with Gasteiger partial charge in [0.25, 0.3) is 5.69 Å². The first kappa shape index (κ1) is 42.3. The highest BCUT2D eigenvalue weighted by Gasteiger charge is 2.33. The largest absolute Gasteiger partial charge is 0.460 e. The number of nitrogens with zero attached hydrogens (tertiary/aromatic N) is 3. The number of hydrogen-bond acceptors (Lipinski definition) is 10. The second kappa shape index (κ2) is 22.0. The summed E-state index contributed by atoms with van der Waals surface area (Å²) in [5, 5.41) is 14.4. The molecule has 0 aromatic heterocycles. The van der Waals surface area contributed by atoms with Crippen molar-refractivity contribution >= 4 is 29.6 Å². The highest BCUT2D eigenvalue weighted by molar-refractivity contribution is 5.84. The minimum atomic E-state index is -1.23. The van der Waals surface area contributed by atoms with Crippen LogP contribution in [0.3, 0.4) is 0 Å². The van der Waals surface area contributed by atoms with E-state index in [-0.39, 0.29) is 58.1 Å². The summed E-state index contributed by atoms with van der Waals surface area (Å²) in [7, 11) is 0. The van der Waals surface area contributed by atoms with Gasteiger partial charge in [-0.3, -0.25) is 24.6 Å². The van der Waals surface area contributed by atoms with Gasteiger partial charge in [0.15, 0.2) is 0 Å². The number of ether oxygens (including phenoxy) is 3. The van der Waals surface area contributed by atoms with Gasteiger partial charge in [0.2, 0.25) is 0 Å². The number of carbonyl (C=O) groups excluding carboxylic acids is 4. The van der Waals surface area contributed by atoms with E-state index >= 15 is 0 Å². The van der Waals surface area contributed by atoms with E-state index in [9.17, 15) is 29.3 Å². The Morgan fingerprint density at radius 3 is 1.52 bits per heavy atom. The predicted octanol–water partition coefficient (Wildman–Crippen LogP) is 6.81. The van der Waals surface area contributed by atoms with E-state index < -0.39 is 40.9 Å². The number of nitro groups is 1. The lowest BCUT2D eigenvalue weighted by Gasteiger charge is -2.33. The minimum Gasteiger partial charge on any atom is -0.460 e. The standard InChI is InChI=1S/C45H46N4O9/c1-34(39-20-12-5-13-21-39)46-45(53)48(41(28-35-22-24-40(25-23-35)49(54)55)44(52)58-33-38-18-10-4-11-19-38)27-26-47(29-42(50)56-31-36-14-6-2-7-15-36)30-43(51)57-32-37-16-8-3-9-17-37/h2-25,34,41H,26-33H2,1H3,(H,46,53)/t34?,41-/m0/s1. The minimum absolute atomic E-state index is 0.0163. The highest BCUT2D eigenvalue weighted by atomic mass is 16.6. The monoisotopic (exact) mass is 786 g/mol. The Kier molecular flexibility index (Phi) is 16.1. The number of amides is 2. The maximum atomic E-state index is 14.4. The normalized spacial score (nSPS) is 11.8. The van der Waals surface area contributed by atoms with Gasteiger partial charge in [0.05, 0.1) is 24.1 Å². The van der Waals surface area contributed by atoms with Crippen LogP contribution in [0, 0.1) is 10.1 Å². The Morgan fingerprint density at radius 2 is 1.05 bits per heavy atom. The summed E-state index contributed by atoms with van der Waals surface area (Å²) < 4.78 is 16.9. The molecule has 0 saturated carbocycles. The number of rotatable bonds is 20. The molecule has 0 heterocycles. The molecule has 1 N–H and O–H groups in total. The Morgan fingerprint density at radius 1 is 0.603 bits per heavy atom. The van der Waals surface area contributed by atoms with Crippen LogP contribution in [-0.2, 0) is 54.8 Å². The van der Waals surface area contributed by atoms with Crippen molar-refractivity contribution in [2.24, 2.45) is 0 Å². The fourth-order valence-electron chi connectivity index (χ4n) is 6.01. The molecule has 1 unspecified atom stereocenters. The molecule has 0 aliphatic rings. The molecule has 0 aliphatic carbocycles. The van der Waals surface area contributed by atoms with E-state index in [0.717, 1.165) is 22.3 Å². The molecule has 0 spiro atoms. The van der Waals surface area contributed by atoms with Crippen molar-refractivity contribution in [1.82, 2.24) is 15.1 Å². The lowest BCUT2D eigenvalue weighted by Crippen LogP contribution is -2.54. The van der Waals surface area contributed by atoms with Crippen LogP contribution in [0.15, 0.2) is 146 Å². The Labute approximate surface area is 337 Å². The first-order valence-electron chi connectivity index (χ1n) is 18.8. The third-order valence-electron chi connectivity index (χ3n) is 9.20. The fraction of sp³-hybridized carbons (Fsp3) is 0.244. The maximum Gasteiger partial charge on any atom is 0.329 e. The molecule has 300 valence electrons. The zero-order chi connectivity index (χ0) is 41.1. The molecule has 5 aromatic rings. The number of carbonyl (C=O) groups is 4. The van der Waals surface area contributed by atoms with Crippen LogP contribution in [0.2, 0.25) is 0 Å². The second-order valence-corrected chi connectivity index (χ2v) is 13.5. The third kappa shape index (κ3) is 13.7. The summed E-state index contributed by atoms with van der Waals surface area (Å²) in [4.78, 5) is 68.6. The summed E-state index contributed by atoms with van der Waals surface area (Å²) in [5.41, 5.74) is 3.51. The Hall–Kier alpha value is -6.86. The number of urea groups is 1. The number of non-ortho nitro benzene ring substituents is 1. The van der Waals surface area contributed by atoms with Crippen molar-refractivity contribution in [3.8, 4) is 0 Å². The van der Waals surface area contributed by atoms with Gasteiger partial charge < -0.3 is 24.4 Å². The van der Waals surface area contributed by atoms with Crippen LogP contribution >= 0.6 is 0 Å². The Bertz CT molecular complexity index is 2010. The number of hydrogen-bond donors (Lipinski definition) is 1. The average Bonchev–Trinajstić information content (AvgIpc) is 3.25. The van der Waals surface area contributed by atoms with E-state index in [1.54, 1.807) is 12.1 Å². The summed E-state index contributed by atoms with van der Waals surface area (Å²) in [6, 6.07) is 40.0. The van der Waals surface area contributed by atoms with Gasteiger partial charge in [-0.25, -0.2) is 9.59 Å². The predicted molar refractivity (Wildman–Crippen MR) is 216 cm³/mol. The molecule has 2 atom stereocenters. The van der Waals surface area contributed by atoms with Crippen LogP contribution in [0.25, 0.3) is 0 Å². The number of nitro benzene ring substituents is 1. The van der Waals surface area contributed by atoms with E-state index in [4.69, 9.17) is 14.2 Å². The Balaban J connectivity index is 1.42. The lowest BCUT2D eigenvalue weighted by atomic mass is 10.0. The van der Waals surface area contributed by atoms with Gasteiger partial charge >= 0.3 is 23.9 Å². The van der Waals surface area contributed by atoms with Crippen LogP contribution in [0.5, 0.6) is 0 Å². The van der Waals surface area contributed by atoms with Crippen molar-refractivity contribution in [2.45, 2.75) is 45.2 Å². The van der Waals surface area contributed by atoms with E-state index in [0.29, 0.717) is 5.56 Å². The van der Waals surface area contributed by atoms with Crippen molar-refractivity contribution in [3.63, 3.8) is 0 Å². The van der Waals surface area contributed by atoms with Gasteiger partial charge in [0, 0.05) is 31.6 Å². The molecule has 0 radical (unpaired) electrons. The van der Waals surface area contributed by atoms with Crippen LogP contribution in [-0.4, -0.2) is 70.9 Å². The summed E-state index contributed by atoms with van der Waals surface area (Å²) in [5.74, 6) is -1.95. The molecular weight excluding hydrogens is 741 g/mol. The van der Waals surface area contributed by atoms with Crippen molar-refractivity contribution in [2.75, 3.05) is 26.2 Å². The molecule has 5 aromatic carbocycles. The topological polar surface area (TPSA) is 158 Å². The average molecular weight is 787 g/mol. The van der Waals surface area contributed by atoms with E-state index in [2.05, 4.69) is 5.32 Å². The smallest absolute Gasteiger partial charge is 0.329 e. The van der Waals surface area contributed by atoms with Crippen molar-refractivity contribution in [1.29, 1.82) is 0 Å². The summed E-state index contributed by atoms with van der Waals surface area (Å²) in [6.45, 7) is 0.912. The van der Waals surface area contributed by atoms with Crippen LogP contribution < -0.4 is 5.32 Å². The first-order chi connectivity index (χ1) is 28.1. The van der Waals surface area contributed by atoms with E-state index in [1.807, 2.05) is 116 Å². The number of esters is 3. The molecule has 5 rings (SSSR count). The quantitative estimate of drug-likeness (QED) is 0.0385. The molecule has 13 heteroatoms.